The Morgan fingerprint density at radius 2 is 2.18 bits per heavy atom. The fourth-order valence-electron chi connectivity index (χ4n) is 1.37. The summed E-state index contributed by atoms with van der Waals surface area (Å²) in [4.78, 5) is 11.5. The van der Waals surface area contributed by atoms with Gasteiger partial charge in [-0.25, -0.2) is 0 Å². The lowest BCUT2D eigenvalue weighted by Crippen LogP contribution is -2.14. The minimum absolute atomic E-state index is 0.106. The van der Waals surface area contributed by atoms with Crippen molar-refractivity contribution in [3.8, 4) is 5.75 Å². The molecule has 0 saturated carbocycles. The van der Waals surface area contributed by atoms with E-state index in [0.717, 1.165) is 5.56 Å². The Hall–Kier alpha value is -1.59. The molecule has 94 valence electrons. The third-order valence-corrected chi connectivity index (χ3v) is 2.31. The molecule has 0 heterocycles. The van der Waals surface area contributed by atoms with Gasteiger partial charge in [0.2, 0.25) is 5.91 Å². The molecule has 5 nitrogen and oxygen atoms in total. The van der Waals surface area contributed by atoms with Crippen LogP contribution in [0.1, 0.15) is 12.0 Å². The van der Waals surface area contributed by atoms with Crippen molar-refractivity contribution in [2.75, 3.05) is 26.1 Å². The smallest absolute Gasteiger partial charge is 0.226 e. The Morgan fingerprint density at radius 1 is 1.41 bits per heavy atom. The summed E-state index contributed by atoms with van der Waals surface area (Å²) in [5.74, 6) is 0.504. The largest absolute Gasteiger partial charge is 0.495 e. The van der Waals surface area contributed by atoms with Crippen LogP contribution in [0.4, 0.5) is 5.69 Å². The van der Waals surface area contributed by atoms with Crippen LogP contribution in [0, 0.1) is 0 Å². The summed E-state index contributed by atoms with van der Waals surface area (Å²) in [6.45, 7) is 0.837. The molecule has 5 heteroatoms. The van der Waals surface area contributed by atoms with Gasteiger partial charge >= 0.3 is 0 Å². The van der Waals surface area contributed by atoms with E-state index < -0.39 is 0 Å². The molecule has 0 fully saturated rings. The maximum absolute atomic E-state index is 11.5. The Morgan fingerprint density at radius 3 is 2.76 bits per heavy atom. The van der Waals surface area contributed by atoms with Crippen LogP contribution in [0.3, 0.4) is 0 Å². The number of nitrogens with two attached hydrogens (primary N) is 1. The summed E-state index contributed by atoms with van der Waals surface area (Å²) in [7, 11) is 3.12. The molecule has 0 aliphatic carbocycles. The fourth-order valence-corrected chi connectivity index (χ4v) is 1.37. The summed E-state index contributed by atoms with van der Waals surface area (Å²) < 4.78 is 10.0. The number of rotatable bonds is 6. The van der Waals surface area contributed by atoms with Crippen LogP contribution >= 0.6 is 0 Å². The molecule has 1 amide bonds. The molecule has 17 heavy (non-hydrogen) atoms. The molecule has 0 aliphatic rings. The van der Waals surface area contributed by atoms with Crippen molar-refractivity contribution in [2.24, 2.45) is 5.73 Å². The highest BCUT2D eigenvalue weighted by Gasteiger charge is 2.07. The molecule has 1 rings (SSSR count). The molecule has 0 radical (unpaired) electrons. The highest BCUT2D eigenvalue weighted by atomic mass is 16.5. The van der Waals surface area contributed by atoms with Crippen molar-refractivity contribution in [1.82, 2.24) is 0 Å². The molecule has 1 aromatic carbocycles. The standard InChI is InChI=1S/C12H18N2O3/c1-16-6-5-12(15)14-10-4-3-9(8-13)7-11(10)17-2/h3-4,7H,5-6,8,13H2,1-2H3,(H,14,15). The number of benzene rings is 1. The average molecular weight is 238 g/mol. The second-order valence-electron chi connectivity index (χ2n) is 3.53. The summed E-state index contributed by atoms with van der Waals surface area (Å²) in [6.07, 6.45) is 0.318. The van der Waals surface area contributed by atoms with Crippen LogP contribution < -0.4 is 15.8 Å². The predicted octanol–water partition coefficient (Wildman–Crippen LogP) is 1.13. The maximum atomic E-state index is 11.5. The Balaban J connectivity index is 2.73. The monoisotopic (exact) mass is 238 g/mol. The first-order valence-corrected chi connectivity index (χ1v) is 5.37. The molecule has 0 spiro atoms. The number of methoxy groups -OCH3 is 2. The van der Waals surface area contributed by atoms with E-state index in [-0.39, 0.29) is 5.91 Å². The van der Waals surface area contributed by atoms with Gasteiger partial charge in [-0.1, -0.05) is 6.07 Å². The van der Waals surface area contributed by atoms with Gasteiger partial charge in [0, 0.05) is 13.7 Å². The van der Waals surface area contributed by atoms with E-state index in [0.29, 0.717) is 31.0 Å². The van der Waals surface area contributed by atoms with Crippen LogP contribution in [0.2, 0.25) is 0 Å². The van der Waals surface area contributed by atoms with Crippen molar-refractivity contribution in [3.05, 3.63) is 23.8 Å². The van der Waals surface area contributed by atoms with Gasteiger partial charge in [0.1, 0.15) is 5.75 Å². The summed E-state index contributed by atoms with van der Waals surface area (Å²) in [6, 6.07) is 5.45. The first-order chi connectivity index (χ1) is 8.21. The molecule has 0 aromatic heterocycles. The second-order valence-corrected chi connectivity index (χ2v) is 3.53. The molecule has 0 bridgehead atoms. The quantitative estimate of drug-likeness (QED) is 0.779. The van der Waals surface area contributed by atoms with Gasteiger partial charge in [-0.05, 0) is 17.7 Å². The number of carbonyl (C=O) groups excluding carboxylic acids is 1. The second kappa shape index (κ2) is 6.88. The van der Waals surface area contributed by atoms with Crippen LogP contribution in [-0.2, 0) is 16.1 Å². The number of nitrogens with one attached hydrogen (secondary N) is 1. The Bertz CT molecular complexity index is 380. The van der Waals surface area contributed by atoms with Crippen LogP contribution in [-0.4, -0.2) is 26.7 Å². The van der Waals surface area contributed by atoms with Gasteiger partial charge < -0.3 is 20.5 Å². The van der Waals surface area contributed by atoms with E-state index >= 15 is 0 Å². The van der Waals surface area contributed by atoms with E-state index in [1.54, 1.807) is 20.3 Å². The summed E-state index contributed by atoms with van der Waals surface area (Å²) in [5, 5.41) is 2.76. The molecule has 1 aromatic rings. The van der Waals surface area contributed by atoms with Gasteiger partial charge in [0.05, 0.1) is 25.8 Å². The van der Waals surface area contributed by atoms with E-state index in [2.05, 4.69) is 5.32 Å². The minimum Gasteiger partial charge on any atom is -0.495 e. The van der Waals surface area contributed by atoms with Crippen molar-refractivity contribution >= 4 is 11.6 Å². The zero-order valence-electron chi connectivity index (χ0n) is 10.2. The number of hydrogen-bond donors (Lipinski definition) is 2. The third-order valence-electron chi connectivity index (χ3n) is 2.31. The zero-order chi connectivity index (χ0) is 12.7. The van der Waals surface area contributed by atoms with E-state index in [1.807, 2.05) is 12.1 Å². The molecule has 0 saturated heterocycles. The van der Waals surface area contributed by atoms with Crippen molar-refractivity contribution < 1.29 is 14.3 Å². The van der Waals surface area contributed by atoms with Gasteiger partial charge in [-0.15, -0.1) is 0 Å². The molecular formula is C12H18N2O3. The first kappa shape index (κ1) is 13.5. The zero-order valence-corrected chi connectivity index (χ0v) is 10.2. The van der Waals surface area contributed by atoms with Crippen LogP contribution in [0.25, 0.3) is 0 Å². The van der Waals surface area contributed by atoms with Gasteiger partial charge in [0.15, 0.2) is 0 Å². The topological polar surface area (TPSA) is 73.6 Å². The molecular weight excluding hydrogens is 220 g/mol. The lowest BCUT2D eigenvalue weighted by Gasteiger charge is -2.11. The van der Waals surface area contributed by atoms with Crippen molar-refractivity contribution in [3.63, 3.8) is 0 Å². The minimum atomic E-state index is -0.106. The number of hydrogen-bond acceptors (Lipinski definition) is 4. The normalized spacial score (nSPS) is 10.1. The van der Waals surface area contributed by atoms with E-state index in [9.17, 15) is 4.79 Å². The van der Waals surface area contributed by atoms with E-state index in [4.69, 9.17) is 15.2 Å². The lowest BCUT2D eigenvalue weighted by molar-refractivity contribution is -0.117. The SMILES string of the molecule is COCCC(=O)Nc1ccc(CN)cc1OC. The number of anilines is 1. The maximum Gasteiger partial charge on any atom is 0.226 e. The molecule has 3 N–H and O–H groups in total. The molecule has 0 unspecified atom stereocenters. The van der Waals surface area contributed by atoms with Gasteiger partial charge in [-0.2, -0.15) is 0 Å². The van der Waals surface area contributed by atoms with Crippen LogP contribution in [0.15, 0.2) is 18.2 Å². The van der Waals surface area contributed by atoms with Crippen LogP contribution in [0.5, 0.6) is 5.75 Å². The van der Waals surface area contributed by atoms with Gasteiger partial charge in [0.25, 0.3) is 0 Å². The number of ether oxygens (including phenoxy) is 2. The lowest BCUT2D eigenvalue weighted by atomic mass is 10.2. The highest BCUT2D eigenvalue weighted by Crippen LogP contribution is 2.25. The fraction of sp³-hybridized carbons (Fsp3) is 0.417. The Kier molecular flexibility index (Phi) is 5.45. The molecule has 0 atom stereocenters. The first-order valence-electron chi connectivity index (χ1n) is 5.37. The van der Waals surface area contributed by atoms with Crippen molar-refractivity contribution in [2.45, 2.75) is 13.0 Å². The summed E-state index contributed by atoms with van der Waals surface area (Å²) in [5.41, 5.74) is 7.13. The predicted molar refractivity (Wildman–Crippen MR) is 66.0 cm³/mol. The number of amides is 1. The van der Waals surface area contributed by atoms with E-state index in [1.165, 1.54) is 0 Å². The summed E-state index contributed by atoms with van der Waals surface area (Å²) >= 11 is 0. The highest BCUT2D eigenvalue weighted by molar-refractivity contribution is 5.92. The van der Waals surface area contributed by atoms with Crippen molar-refractivity contribution in [1.29, 1.82) is 0 Å². The third kappa shape index (κ3) is 4.05. The average Bonchev–Trinajstić information content (AvgIpc) is 2.36. The Labute approximate surface area is 101 Å². The molecule has 0 aliphatic heterocycles. The number of carbonyl (C=O) groups is 1. The van der Waals surface area contributed by atoms with Gasteiger partial charge in [-0.3, -0.25) is 4.79 Å².